The van der Waals surface area contributed by atoms with Gasteiger partial charge in [0.25, 0.3) is 0 Å². The zero-order valence-corrected chi connectivity index (χ0v) is 14.6. The first kappa shape index (κ1) is 17.8. The summed E-state index contributed by atoms with van der Waals surface area (Å²) < 4.78 is 5.36. The quantitative estimate of drug-likeness (QED) is 0.682. The van der Waals surface area contributed by atoms with Crippen molar-refractivity contribution in [3.8, 4) is 11.5 Å². The number of hydrogen-bond donors (Lipinski definition) is 2. The Kier molecular flexibility index (Phi) is 5.80. The Bertz CT molecular complexity index is 762. The minimum Gasteiger partial charge on any atom is -0.508 e. The number of phenolic OH excluding ortho intramolecular Hbond substituents is 1. The van der Waals surface area contributed by atoms with Crippen LogP contribution in [0.25, 0.3) is 5.57 Å². The van der Waals surface area contributed by atoms with Gasteiger partial charge in [0, 0.05) is 5.71 Å². The Hall–Kier alpha value is -2.55. The second-order valence-corrected chi connectivity index (χ2v) is 6.12. The Balaban J connectivity index is 1.92. The highest BCUT2D eigenvalue weighted by Gasteiger charge is 2.07. The fourth-order valence-corrected chi connectivity index (χ4v) is 2.60. The third kappa shape index (κ3) is 4.25. The topological polar surface area (TPSA) is 53.3 Å². The highest BCUT2D eigenvalue weighted by Crippen LogP contribution is 2.26. The zero-order valence-electron chi connectivity index (χ0n) is 14.6. The van der Waals surface area contributed by atoms with Crippen LogP contribution in [0.4, 0.5) is 0 Å². The summed E-state index contributed by atoms with van der Waals surface area (Å²) in [5.41, 5.74) is 5.38. The normalized spacial score (nSPS) is 10.5. The Morgan fingerprint density at radius 2 is 1.71 bits per heavy atom. The average molecular weight is 323 g/mol. The summed E-state index contributed by atoms with van der Waals surface area (Å²) in [6, 6.07) is 11.5. The lowest BCUT2D eigenvalue weighted by atomic mass is 9.97. The molecule has 2 rings (SSSR count). The maximum Gasteiger partial charge on any atom is 0.122 e. The lowest BCUT2D eigenvalue weighted by Crippen LogP contribution is -1.99. The standard InChI is InChI=1S/C21H25NO2/c1-14(17-10-9-16(3)21(13-17)24-4)6-5-7-19(22)18-11-8-15(2)20(23)12-18/h8-13,22-23H,1,5-7H2,2-4H3. The van der Waals surface area contributed by atoms with Gasteiger partial charge in [0.1, 0.15) is 11.5 Å². The van der Waals surface area contributed by atoms with E-state index in [1.54, 1.807) is 13.2 Å². The molecule has 0 aliphatic rings. The highest BCUT2D eigenvalue weighted by atomic mass is 16.5. The molecule has 0 amide bonds. The number of nitrogens with one attached hydrogen (secondary N) is 1. The van der Waals surface area contributed by atoms with Gasteiger partial charge in [-0.05, 0) is 73.1 Å². The molecule has 0 saturated carbocycles. The second kappa shape index (κ2) is 7.82. The van der Waals surface area contributed by atoms with Gasteiger partial charge in [0.2, 0.25) is 0 Å². The zero-order chi connectivity index (χ0) is 17.7. The van der Waals surface area contributed by atoms with E-state index in [2.05, 4.69) is 12.6 Å². The van der Waals surface area contributed by atoms with Crippen LogP contribution in [0.15, 0.2) is 43.0 Å². The highest BCUT2D eigenvalue weighted by molar-refractivity contribution is 5.98. The number of aromatic hydroxyl groups is 1. The largest absolute Gasteiger partial charge is 0.508 e. The van der Waals surface area contributed by atoms with Crippen LogP contribution >= 0.6 is 0 Å². The monoisotopic (exact) mass is 323 g/mol. The van der Waals surface area contributed by atoms with Crippen LogP contribution in [-0.4, -0.2) is 17.9 Å². The number of allylic oxidation sites excluding steroid dienone is 1. The summed E-state index contributed by atoms with van der Waals surface area (Å²) in [6.07, 6.45) is 2.33. The number of phenols is 1. The summed E-state index contributed by atoms with van der Waals surface area (Å²) in [7, 11) is 1.67. The predicted molar refractivity (Wildman–Crippen MR) is 100 cm³/mol. The summed E-state index contributed by atoms with van der Waals surface area (Å²) in [6.45, 7) is 8.03. The Labute approximate surface area is 144 Å². The van der Waals surface area contributed by atoms with Crippen LogP contribution in [0.3, 0.4) is 0 Å². The molecule has 0 unspecified atom stereocenters. The van der Waals surface area contributed by atoms with Crippen LogP contribution in [0.2, 0.25) is 0 Å². The molecule has 0 heterocycles. The smallest absolute Gasteiger partial charge is 0.122 e. The van der Waals surface area contributed by atoms with Crippen molar-refractivity contribution < 1.29 is 9.84 Å². The van der Waals surface area contributed by atoms with Gasteiger partial charge in [-0.2, -0.15) is 0 Å². The van der Waals surface area contributed by atoms with Gasteiger partial charge in [-0.3, -0.25) is 0 Å². The summed E-state index contributed by atoms with van der Waals surface area (Å²) in [4.78, 5) is 0. The molecule has 2 aromatic rings. The second-order valence-electron chi connectivity index (χ2n) is 6.12. The van der Waals surface area contributed by atoms with Gasteiger partial charge in [0.15, 0.2) is 0 Å². The molecule has 0 spiro atoms. The van der Waals surface area contributed by atoms with Crippen LogP contribution in [-0.2, 0) is 0 Å². The molecule has 0 radical (unpaired) electrons. The van der Waals surface area contributed by atoms with E-state index < -0.39 is 0 Å². The minimum absolute atomic E-state index is 0.244. The molecule has 3 heteroatoms. The van der Waals surface area contributed by atoms with Crippen molar-refractivity contribution in [3.05, 3.63) is 65.2 Å². The lowest BCUT2D eigenvalue weighted by Gasteiger charge is -2.11. The van der Waals surface area contributed by atoms with Gasteiger partial charge in [-0.1, -0.05) is 30.8 Å². The van der Waals surface area contributed by atoms with Crippen molar-refractivity contribution in [1.29, 1.82) is 5.41 Å². The Morgan fingerprint density at radius 3 is 2.38 bits per heavy atom. The van der Waals surface area contributed by atoms with Crippen LogP contribution < -0.4 is 4.74 Å². The molecule has 0 fully saturated rings. The third-order valence-corrected chi connectivity index (χ3v) is 4.28. The first-order chi connectivity index (χ1) is 11.4. The predicted octanol–water partition coefficient (Wildman–Crippen LogP) is 5.27. The Morgan fingerprint density at radius 1 is 1.04 bits per heavy atom. The molecule has 24 heavy (non-hydrogen) atoms. The van der Waals surface area contributed by atoms with Gasteiger partial charge in [-0.15, -0.1) is 0 Å². The van der Waals surface area contributed by atoms with E-state index in [4.69, 9.17) is 10.1 Å². The van der Waals surface area contributed by atoms with E-state index in [9.17, 15) is 5.11 Å². The first-order valence-corrected chi connectivity index (χ1v) is 8.12. The molecular weight excluding hydrogens is 298 g/mol. The summed E-state index contributed by atoms with van der Waals surface area (Å²) in [5.74, 6) is 1.12. The molecule has 0 atom stereocenters. The SMILES string of the molecule is C=C(CCCC(=N)c1ccc(C)c(O)c1)c1ccc(C)c(OC)c1. The van der Waals surface area contributed by atoms with Crippen LogP contribution in [0, 0.1) is 19.3 Å². The van der Waals surface area contributed by atoms with Gasteiger partial charge < -0.3 is 15.3 Å². The van der Waals surface area contributed by atoms with E-state index in [0.29, 0.717) is 12.1 Å². The lowest BCUT2D eigenvalue weighted by molar-refractivity contribution is 0.411. The number of aryl methyl sites for hydroxylation is 2. The number of methoxy groups -OCH3 is 1. The van der Waals surface area contributed by atoms with Gasteiger partial charge in [0.05, 0.1) is 7.11 Å². The van der Waals surface area contributed by atoms with Crippen molar-refractivity contribution >= 4 is 11.3 Å². The molecule has 0 saturated heterocycles. The molecule has 3 nitrogen and oxygen atoms in total. The summed E-state index contributed by atoms with van der Waals surface area (Å²) >= 11 is 0. The van der Waals surface area contributed by atoms with Crippen LogP contribution in [0.1, 0.15) is 41.5 Å². The number of ether oxygens (including phenoxy) is 1. The maximum atomic E-state index is 9.76. The number of benzene rings is 2. The van der Waals surface area contributed by atoms with E-state index in [-0.39, 0.29) is 5.75 Å². The molecular formula is C21H25NO2. The molecule has 126 valence electrons. The fraction of sp³-hybridized carbons (Fsp3) is 0.286. The molecule has 0 bridgehead atoms. The van der Waals surface area contributed by atoms with Crippen molar-refractivity contribution in [2.75, 3.05) is 7.11 Å². The van der Waals surface area contributed by atoms with Gasteiger partial charge >= 0.3 is 0 Å². The van der Waals surface area contributed by atoms with Gasteiger partial charge in [-0.25, -0.2) is 0 Å². The van der Waals surface area contributed by atoms with Crippen molar-refractivity contribution in [1.82, 2.24) is 0 Å². The molecule has 0 aromatic heterocycles. The minimum atomic E-state index is 0.244. The van der Waals surface area contributed by atoms with E-state index in [0.717, 1.165) is 46.4 Å². The molecule has 2 aromatic carbocycles. The van der Waals surface area contributed by atoms with Crippen LogP contribution in [0.5, 0.6) is 11.5 Å². The summed E-state index contributed by atoms with van der Waals surface area (Å²) in [5, 5.41) is 17.9. The molecule has 0 aliphatic heterocycles. The van der Waals surface area contributed by atoms with Crippen molar-refractivity contribution in [3.63, 3.8) is 0 Å². The number of rotatable bonds is 7. The van der Waals surface area contributed by atoms with E-state index >= 15 is 0 Å². The van der Waals surface area contributed by atoms with Crippen molar-refractivity contribution in [2.24, 2.45) is 0 Å². The molecule has 0 aliphatic carbocycles. The molecule has 2 N–H and O–H groups in total. The average Bonchev–Trinajstić information content (AvgIpc) is 2.57. The fourth-order valence-electron chi connectivity index (χ4n) is 2.60. The third-order valence-electron chi connectivity index (χ3n) is 4.28. The van der Waals surface area contributed by atoms with E-state index in [1.165, 1.54) is 0 Å². The first-order valence-electron chi connectivity index (χ1n) is 8.12. The van der Waals surface area contributed by atoms with Crippen molar-refractivity contribution in [2.45, 2.75) is 33.1 Å². The number of hydrogen-bond acceptors (Lipinski definition) is 3. The maximum absolute atomic E-state index is 9.76. The van der Waals surface area contributed by atoms with E-state index in [1.807, 2.05) is 38.1 Å².